The van der Waals surface area contributed by atoms with Crippen molar-refractivity contribution in [2.75, 3.05) is 20.3 Å². The highest BCUT2D eigenvalue weighted by atomic mass is 16.7. The molecule has 20 heavy (non-hydrogen) atoms. The first-order chi connectivity index (χ1) is 9.58. The van der Waals surface area contributed by atoms with Crippen LogP contribution < -0.4 is 0 Å². The fraction of sp³-hybridized carbons (Fsp3) is 0.562. The summed E-state index contributed by atoms with van der Waals surface area (Å²) in [7, 11) is 1.40. The van der Waals surface area contributed by atoms with E-state index in [-0.39, 0.29) is 5.97 Å². The van der Waals surface area contributed by atoms with Gasteiger partial charge in [0.25, 0.3) is 0 Å². The van der Waals surface area contributed by atoms with E-state index >= 15 is 0 Å². The molecular weight excluding hydrogens is 256 g/mol. The lowest BCUT2D eigenvalue weighted by Crippen LogP contribution is -2.39. The maximum Gasteiger partial charge on any atom is 0.316 e. The van der Waals surface area contributed by atoms with Crippen LogP contribution >= 0.6 is 0 Å². The number of hydrogen-bond acceptors (Lipinski definition) is 4. The molecule has 0 saturated heterocycles. The van der Waals surface area contributed by atoms with Gasteiger partial charge in [-0.15, -0.1) is 0 Å². The van der Waals surface area contributed by atoms with Gasteiger partial charge in [-0.3, -0.25) is 4.79 Å². The van der Waals surface area contributed by atoms with Crippen LogP contribution in [0.1, 0.15) is 32.8 Å². The smallest absolute Gasteiger partial charge is 0.316 e. The first kappa shape index (κ1) is 16.7. The lowest BCUT2D eigenvalue weighted by atomic mass is 9.79. The Balaban J connectivity index is 3.02. The van der Waals surface area contributed by atoms with Gasteiger partial charge >= 0.3 is 5.97 Å². The van der Waals surface area contributed by atoms with E-state index in [0.29, 0.717) is 19.6 Å². The van der Waals surface area contributed by atoms with Crippen LogP contribution in [0.25, 0.3) is 0 Å². The van der Waals surface area contributed by atoms with Gasteiger partial charge in [-0.1, -0.05) is 30.3 Å². The summed E-state index contributed by atoms with van der Waals surface area (Å²) in [6, 6.07) is 9.58. The lowest BCUT2D eigenvalue weighted by Gasteiger charge is -2.31. The minimum atomic E-state index is -0.787. The Kier molecular flexibility index (Phi) is 6.68. The zero-order chi connectivity index (χ0) is 15.0. The molecule has 0 bridgehead atoms. The largest absolute Gasteiger partial charge is 0.468 e. The second-order valence-corrected chi connectivity index (χ2v) is 4.73. The molecule has 0 aliphatic carbocycles. The van der Waals surface area contributed by atoms with Crippen molar-refractivity contribution in [2.45, 2.75) is 38.9 Å². The van der Waals surface area contributed by atoms with Crippen LogP contribution in [0.4, 0.5) is 0 Å². The second-order valence-electron chi connectivity index (χ2n) is 4.73. The molecule has 0 fully saturated rings. The van der Waals surface area contributed by atoms with Gasteiger partial charge in [-0.2, -0.15) is 0 Å². The van der Waals surface area contributed by atoms with Crippen LogP contribution in [0.5, 0.6) is 0 Å². The number of esters is 1. The molecule has 0 aliphatic heterocycles. The third-order valence-corrected chi connectivity index (χ3v) is 3.33. The first-order valence-corrected chi connectivity index (χ1v) is 6.95. The third kappa shape index (κ3) is 4.05. The molecule has 0 radical (unpaired) electrons. The van der Waals surface area contributed by atoms with Crippen LogP contribution in [0.3, 0.4) is 0 Å². The number of carbonyl (C=O) groups is 1. The van der Waals surface area contributed by atoms with Crippen LogP contribution in [-0.4, -0.2) is 32.6 Å². The fourth-order valence-electron chi connectivity index (χ4n) is 2.22. The summed E-state index contributed by atoms with van der Waals surface area (Å²) in [5.41, 5.74) is 0.113. The highest BCUT2D eigenvalue weighted by Gasteiger charge is 2.39. The van der Waals surface area contributed by atoms with Gasteiger partial charge in [0.15, 0.2) is 6.29 Å². The van der Waals surface area contributed by atoms with E-state index in [0.717, 1.165) is 5.56 Å². The predicted octanol–water partition coefficient (Wildman–Crippen LogP) is 2.91. The number of benzene rings is 1. The number of ether oxygens (including phenoxy) is 3. The summed E-state index contributed by atoms with van der Waals surface area (Å²) in [5.74, 6) is -0.284. The number of carbonyl (C=O) groups excluding carboxylic acids is 1. The number of methoxy groups -OCH3 is 1. The van der Waals surface area contributed by atoms with E-state index in [9.17, 15) is 4.79 Å². The molecule has 4 heteroatoms. The van der Waals surface area contributed by atoms with Gasteiger partial charge in [0, 0.05) is 19.6 Å². The van der Waals surface area contributed by atoms with Crippen LogP contribution in [0.2, 0.25) is 0 Å². The standard InChI is InChI=1S/C16H24O4/c1-5-19-14(20-6-2)12-16(3,15(17)18-4)13-10-8-7-9-11-13/h7-11,14H,5-6,12H2,1-4H3. The molecule has 0 aliphatic rings. The Bertz CT molecular complexity index is 398. The third-order valence-electron chi connectivity index (χ3n) is 3.33. The fourth-order valence-corrected chi connectivity index (χ4v) is 2.22. The molecule has 0 N–H and O–H groups in total. The topological polar surface area (TPSA) is 44.8 Å². The highest BCUT2D eigenvalue weighted by Crippen LogP contribution is 2.31. The Hall–Kier alpha value is -1.39. The maximum absolute atomic E-state index is 12.2. The van der Waals surface area contributed by atoms with E-state index in [2.05, 4.69) is 0 Å². The summed E-state index contributed by atoms with van der Waals surface area (Å²) in [6.07, 6.45) is 0.0000520. The molecule has 1 rings (SSSR count). The van der Waals surface area contributed by atoms with Gasteiger partial charge in [0.2, 0.25) is 0 Å². The summed E-state index contributed by atoms with van der Waals surface area (Å²) < 4.78 is 16.1. The van der Waals surface area contributed by atoms with Crippen molar-refractivity contribution in [3.05, 3.63) is 35.9 Å². The monoisotopic (exact) mass is 280 g/mol. The van der Waals surface area contributed by atoms with Gasteiger partial charge in [-0.05, 0) is 26.3 Å². The molecular formula is C16H24O4. The van der Waals surface area contributed by atoms with Crippen molar-refractivity contribution in [3.63, 3.8) is 0 Å². The minimum Gasteiger partial charge on any atom is -0.468 e. The molecule has 1 aromatic carbocycles. The second kappa shape index (κ2) is 8.02. The molecule has 1 unspecified atom stereocenters. The van der Waals surface area contributed by atoms with Crippen molar-refractivity contribution in [1.82, 2.24) is 0 Å². The van der Waals surface area contributed by atoms with Crippen molar-refractivity contribution in [3.8, 4) is 0 Å². The molecule has 0 aromatic heterocycles. The molecule has 0 saturated carbocycles. The first-order valence-electron chi connectivity index (χ1n) is 6.95. The number of hydrogen-bond donors (Lipinski definition) is 0. The van der Waals surface area contributed by atoms with Gasteiger partial charge in [-0.25, -0.2) is 0 Å². The molecule has 0 amide bonds. The Labute approximate surface area is 121 Å². The Morgan fingerprint density at radius 2 is 1.70 bits per heavy atom. The average Bonchev–Trinajstić information content (AvgIpc) is 2.47. The zero-order valence-electron chi connectivity index (χ0n) is 12.7. The highest BCUT2D eigenvalue weighted by molar-refractivity contribution is 5.82. The SMILES string of the molecule is CCOC(CC(C)(C(=O)OC)c1ccccc1)OCC. The molecule has 0 heterocycles. The van der Waals surface area contributed by atoms with E-state index in [1.807, 2.05) is 51.1 Å². The van der Waals surface area contributed by atoms with E-state index in [1.165, 1.54) is 7.11 Å². The average molecular weight is 280 g/mol. The predicted molar refractivity (Wildman–Crippen MR) is 77.5 cm³/mol. The summed E-state index contributed by atoms with van der Waals surface area (Å²) >= 11 is 0. The van der Waals surface area contributed by atoms with E-state index < -0.39 is 11.7 Å². The number of rotatable bonds is 8. The van der Waals surface area contributed by atoms with Crippen molar-refractivity contribution in [1.29, 1.82) is 0 Å². The minimum absolute atomic E-state index is 0.284. The normalized spacial score (nSPS) is 14.1. The van der Waals surface area contributed by atoms with Crippen molar-refractivity contribution < 1.29 is 19.0 Å². The zero-order valence-corrected chi connectivity index (χ0v) is 12.7. The van der Waals surface area contributed by atoms with E-state index in [1.54, 1.807) is 0 Å². The molecule has 112 valence electrons. The maximum atomic E-state index is 12.2. The van der Waals surface area contributed by atoms with E-state index in [4.69, 9.17) is 14.2 Å². The molecule has 1 atom stereocenters. The summed E-state index contributed by atoms with van der Waals surface area (Å²) in [5, 5.41) is 0. The van der Waals surface area contributed by atoms with Crippen LogP contribution in [0, 0.1) is 0 Å². The van der Waals surface area contributed by atoms with Gasteiger partial charge < -0.3 is 14.2 Å². The van der Waals surface area contributed by atoms with Crippen molar-refractivity contribution >= 4 is 5.97 Å². The summed E-state index contributed by atoms with van der Waals surface area (Å²) in [6.45, 7) is 6.75. The van der Waals surface area contributed by atoms with Gasteiger partial charge in [0.05, 0.1) is 12.5 Å². The van der Waals surface area contributed by atoms with Crippen LogP contribution in [-0.2, 0) is 24.4 Å². The quantitative estimate of drug-likeness (QED) is 0.542. The Morgan fingerprint density at radius 1 is 1.15 bits per heavy atom. The Morgan fingerprint density at radius 3 is 2.15 bits per heavy atom. The molecule has 1 aromatic rings. The van der Waals surface area contributed by atoms with Crippen LogP contribution in [0.15, 0.2) is 30.3 Å². The molecule has 0 spiro atoms. The lowest BCUT2D eigenvalue weighted by molar-refractivity contribution is -0.165. The summed E-state index contributed by atoms with van der Waals surface area (Å²) in [4.78, 5) is 12.2. The molecule has 4 nitrogen and oxygen atoms in total. The van der Waals surface area contributed by atoms with Gasteiger partial charge in [0.1, 0.15) is 0 Å². The van der Waals surface area contributed by atoms with Crippen molar-refractivity contribution in [2.24, 2.45) is 0 Å².